The molecule has 0 fully saturated rings. The van der Waals surface area contributed by atoms with Crippen LogP contribution in [0.25, 0.3) is 0 Å². The lowest BCUT2D eigenvalue weighted by Gasteiger charge is -2.13. The largest absolute Gasteiger partial charge is 0.490 e. The Labute approximate surface area is 124 Å². The number of hydrogen-bond acceptors (Lipinski definition) is 3. The van der Waals surface area contributed by atoms with Crippen molar-refractivity contribution in [1.82, 2.24) is 5.32 Å². The minimum absolute atomic E-state index is 0.336. The molecular formula is C15H24BrNO2. The van der Waals surface area contributed by atoms with E-state index in [1.54, 1.807) is 0 Å². The zero-order chi connectivity index (χ0) is 14.1. The molecule has 0 spiro atoms. The first-order chi connectivity index (χ1) is 9.19. The Balaban J connectivity index is 2.38. The summed E-state index contributed by atoms with van der Waals surface area (Å²) in [5.74, 6) is 0.867. The van der Waals surface area contributed by atoms with Crippen molar-refractivity contribution in [3.8, 4) is 5.75 Å². The van der Waals surface area contributed by atoms with Crippen LogP contribution in [0.1, 0.15) is 38.3 Å². The second-order valence-corrected chi connectivity index (χ2v) is 5.37. The summed E-state index contributed by atoms with van der Waals surface area (Å²) in [6.07, 6.45) is 2.28. The van der Waals surface area contributed by atoms with Crippen molar-refractivity contribution in [2.75, 3.05) is 26.9 Å². The van der Waals surface area contributed by atoms with E-state index in [0.717, 1.165) is 29.7 Å². The maximum atomic E-state index is 5.69. The highest BCUT2D eigenvalue weighted by molar-refractivity contribution is 9.10. The van der Waals surface area contributed by atoms with Crippen LogP contribution < -0.4 is 10.1 Å². The number of benzene rings is 1. The van der Waals surface area contributed by atoms with Gasteiger partial charge in [0.1, 0.15) is 12.4 Å². The van der Waals surface area contributed by atoms with Gasteiger partial charge in [-0.1, -0.05) is 19.4 Å². The first-order valence-electron chi connectivity index (χ1n) is 6.86. The van der Waals surface area contributed by atoms with Gasteiger partial charge in [-0.15, -0.1) is 0 Å². The Morgan fingerprint density at radius 1 is 1.26 bits per heavy atom. The van der Waals surface area contributed by atoms with Gasteiger partial charge in [-0.3, -0.25) is 0 Å². The zero-order valence-corrected chi connectivity index (χ0v) is 13.6. The maximum Gasteiger partial charge on any atom is 0.133 e. The van der Waals surface area contributed by atoms with Crippen molar-refractivity contribution >= 4 is 15.9 Å². The molecule has 0 radical (unpaired) electrons. The third-order valence-corrected chi connectivity index (χ3v) is 3.64. The van der Waals surface area contributed by atoms with Gasteiger partial charge in [0.25, 0.3) is 0 Å². The third kappa shape index (κ3) is 5.93. The number of rotatable bonds is 9. The molecule has 0 aliphatic carbocycles. The first-order valence-corrected chi connectivity index (χ1v) is 7.65. The summed E-state index contributed by atoms with van der Waals surface area (Å²) in [7, 11) is 1.95. The van der Waals surface area contributed by atoms with E-state index in [-0.39, 0.29) is 0 Å². The number of halogens is 1. The molecular weight excluding hydrogens is 306 g/mol. The molecule has 0 aliphatic heterocycles. The van der Waals surface area contributed by atoms with Gasteiger partial charge in [0.05, 0.1) is 11.1 Å². The Kier molecular flexibility index (Phi) is 8.10. The van der Waals surface area contributed by atoms with Crippen LogP contribution in [0.2, 0.25) is 0 Å². The van der Waals surface area contributed by atoms with E-state index < -0.39 is 0 Å². The average Bonchev–Trinajstić information content (AvgIpc) is 2.43. The minimum atomic E-state index is 0.336. The standard InChI is InChI=1S/C15H24BrNO2/c1-4-5-8-18-9-10-19-15-7-6-13(11-14(15)16)12(2)17-3/h6-7,11-12,17H,4-5,8-10H2,1-3H3. The fourth-order valence-corrected chi connectivity index (χ4v) is 2.14. The molecule has 3 nitrogen and oxygen atoms in total. The van der Waals surface area contributed by atoms with E-state index in [4.69, 9.17) is 9.47 Å². The summed E-state index contributed by atoms with van der Waals surface area (Å²) in [5, 5.41) is 3.22. The topological polar surface area (TPSA) is 30.5 Å². The Hall–Kier alpha value is -0.580. The lowest BCUT2D eigenvalue weighted by Crippen LogP contribution is -2.12. The van der Waals surface area contributed by atoms with Gasteiger partial charge in [-0.2, -0.15) is 0 Å². The highest BCUT2D eigenvalue weighted by Crippen LogP contribution is 2.28. The van der Waals surface area contributed by atoms with Crippen LogP contribution in [0.15, 0.2) is 22.7 Å². The van der Waals surface area contributed by atoms with Crippen LogP contribution in [-0.4, -0.2) is 26.9 Å². The monoisotopic (exact) mass is 329 g/mol. The van der Waals surface area contributed by atoms with Crippen LogP contribution >= 0.6 is 15.9 Å². The summed E-state index contributed by atoms with van der Waals surface area (Å²) in [6.45, 7) is 6.33. The van der Waals surface area contributed by atoms with E-state index in [0.29, 0.717) is 19.3 Å². The highest BCUT2D eigenvalue weighted by atomic mass is 79.9. The molecule has 0 bridgehead atoms. The van der Waals surface area contributed by atoms with Gasteiger partial charge >= 0.3 is 0 Å². The molecule has 1 unspecified atom stereocenters. The Morgan fingerprint density at radius 3 is 2.68 bits per heavy atom. The van der Waals surface area contributed by atoms with Crippen LogP contribution in [0, 0.1) is 0 Å². The van der Waals surface area contributed by atoms with Gasteiger partial charge < -0.3 is 14.8 Å². The fraction of sp³-hybridized carbons (Fsp3) is 0.600. The van der Waals surface area contributed by atoms with Gasteiger partial charge in [0.15, 0.2) is 0 Å². The summed E-state index contributed by atoms with van der Waals surface area (Å²) >= 11 is 3.55. The smallest absolute Gasteiger partial charge is 0.133 e. The minimum Gasteiger partial charge on any atom is -0.490 e. The van der Waals surface area contributed by atoms with Gasteiger partial charge in [0.2, 0.25) is 0 Å². The molecule has 0 amide bonds. The SMILES string of the molecule is CCCCOCCOc1ccc(C(C)NC)cc1Br. The predicted molar refractivity (Wildman–Crippen MR) is 82.8 cm³/mol. The Bertz CT molecular complexity index is 371. The maximum absolute atomic E-state index is 5.69. The van der Waals surface area contributed by atoms with E-state index in [2.05, 4.69) is 47.2 Å². The van der Waals surface area contributed by atoms with Crippen molar-refractivity contribution in [3.05, 3.63) is 28.2 Å². The van der Waals surface area contributed by atoms with Crippen LogP contribution in [0.4, 0.5) is 0 Å². The van der Waals surface area contributed by atoms with Crippen molar-refractivity contribution < 1.29 is 9.47 Å². The summed E-state index contributed by atoms with van der Waals surface area (Å²) in [5.41, 5.74) is 1.24. The lowest BCUT2D eigenvalue weighted by atomic mass is 10.1. The summed E-state index contributed by atoms with van der Waals surface area (Å²) in [6, 6.07) is 6.51. The van der Waals surface area contributed by atoms with Crippen molar-refractivity contribution in [2.24, 2.45) is 0 Å². The van der Waals surface area contributed by atoms with Gasteiger partial charge in [0, 0.05) is 12.6 Å². The van der Waals surface area contributed by atoms with Crippen molar-refractivity contribution in [2.45, 2.75) is 32.7 Å². The molecule has 1 N–H and O–H groups in total. The van der Waals surface area contributed by atoms with Crippen molar-refractivity contribution in [3.63, 3.8) is 0 Å². The number of nitrogens with one attached hydrogen (secondary N) is 1. The molecule has 0 saturated heterocycles. The lowest BCUT2D eigenvalue weighted by molar-refractivity contribution is 0.0978. The molecule has 0 aliphatic rings. The number of unbranched alkanes of at least 4 members (excludes halogenated alkanes) is 1. The predicted octanol–water partition coefficient (Wildman–Crippen LogP) is 3.93. The zero-order valence-electron chi connectivity index (χ0n) is 12.0. The summed E-state index contributed by atoms with van der Waals surface area (Å²) in [4.78, 5) is 0. The Morgan fingerprint density at radius 2 is 2.05 bits per heavy atom. The number of ether oxygens (including phenoxy) is 2. The van der Waals surface area contributed by atoms with Crippen LogP contribution in [0.5, 0.6) is 5.75 Å². The molecule has 1 aromatic carbocycles. The molecule has 1 aromatic rings. The molecule has 19 heavy (non-hydrogen) atoms. The molecule has 4 heteroatoms. The van der Waals surface area contributed by atoms with E-state index in [1.807, 2.05) is 13.1 Å². The van der Waals surface area contributed by atoms with Crippen LogP contribution in [-0.2, 0) is 4.74 Å². The van der Waals surface area contributed by atoms with E-state index in [9.17, 15) is 0 Å². The van der Waals surface area contributed by atoms with Crippen molar-refractivity contribution in [1.29, 1.82) is 0 Å². The molecule has 0 saturated carbocycles. The first kappa shape index (κ1) is 16.5. The molecule has 108 valence electrons. The van der Waals surface area contributed by atoms with E-state index in [1.165, 1.54) is 5.56 Å². The molecule has 1 rings (SSSR count). The van der Waals surface area contributed by atoms with Gasteiger partial charge in [-0.25, -0.2) is 0 Å². The van der Waals surface area contributed by atoms with E-state index >= 15 is 0 Å². The quantitative estimate of drug-likeness (QED) is 0.696. The molecule has 1 atom stereocenters. The highest BCUT2D eigenvalue weighted by Gasteiger charge is 2.06. The second kappa shape index (κ2) is 9.34. The third-order valence-electron chi connectivity index (χ3n) is 3.02. The fourth-order valence-electron chi connectivity index (χ4n) is 1.63. The van der Waals surface area contributed by atoms with Crippen LogP contribution in [0.3, 0.4) is 0 Å². The molecule has 0 aromatic heterocycles. The van der Waals surface area contributed by atoms with Gasteiger partial charge in [-0.05, 0) is 54.0 Å². The normalized spacial score (nSPS) is 12.4. The number of hydrogen-bond donors (Lipinski definition) is 1. The molecule has 0 heterocycles. The average molecular weight is 330 g/mol. The second-order valence-electron chi connectivity index (χ2n) is 4.51. The summed E-state index contributed by atoms with van der Waals surface area (Å²) < 4.78 is 12.1.